The van der Waals surface area contributed by atoms with Crippen molar-refractivity contribution in [2.45, 2.75) is 31.8 Å². The fourth-order valence-corrected chi connectivity index (χ4v) is 3.13. The zero-order valence-corrected chi connectivity index (χ0v) is 18.4. The molecule has 0 spiro atoms. The van der Waals surface area contributed by atoms with Crippen LogP contribution in [0.3, 0.4) is 0 Å². The van der Waals surface area contributed by atoms with Gasteiger partial charge in [-0.3, -0.25) is 9.59 Å². The molecule has 0 saturated heterocycles. The second-order valence-electron chi connectivity index (χ2n) is 7.54. The Hall–Kier alpha value is -3.06. The van der Waals surface area contributed by atoms with Crippen LogP contribution in [0.5, 0.6) is 11.5 Å². The Morgan fingerprint density at radius 1 is 1.03 bits per heavy atom. The topological polar surface area (TPSA) is 85.3 Å². The number of hydrogen-bond acceptors (Lipinski definition) is 6. The molecule has 0 saturated carbocycles. The summed E-state index contributed by atoms with van der Waals surface area (Å²) in [6.45, 7) is 0.665. The van der Waals surface area contributed by atoms with E-state index in [1.54, 1.807) is 7.11 Å². The quantitative estimate of drug-likeness (QED) is 0.490. The van der Waals surface area contributed by atoms with Gasteiger partial charge in [0.25, 0.3) is 0 Å². The standard InChI is InChI=1S/C24H31NO6/c1-25(2)16-21(31-24(28)14-13-23(26)27)17-30-22-10-5-4-8-19(22)12-11-18-7-6-9-20(15-18)29-3/h4-10,15,21H,11-14,16-17H2,1-3H3,(H,26,27)/t21-/m0/s1. The average molecular weight is 430 g/mol. The summed E-state index contributed by atoms with van der Waals surface area (Å²) in [6, 6.07) is 15.8. The highest BCUT2D eigenvalue weighted by Gasteiger charge is 2.18. The summed E-state index contributed by atoms with van der Waals surface area (Å²) in [7, 11) is 5.40. The molecule has 31 heavy (non-hydrogen) atoms. The molecule has 1 atom stereocenters. The number of hydrogen-bond donors (Lipinski definition) is 1. The number of ether oxygens (including phenoxy) is 3. The van der Waals surface area contributed by atoms with E-state index in [4.69, 9.17) is 19.3 Å². The highest BCUT2D eigenvalue weighted by Crippen LogP contribution is 2.22. The summed E-state index contributed by atoms with van der Waals surface area (Å²) in [4.78, 5) is 24.5. The van der Waals surface area contributed by atoms with Gasteiger partial charge in [0.05, 0.1) is 20.0 Å². The molecular weight excluding hydrogens is 398 g/mol. The van der Waals surface area contributed by atoms with Crippen LogP contribution in [-0.2, 0) is 27.2 Å². The number of likely N-dealkylation sites (N-methyl/N-ethyl adjacent to an activating group) is 1. The van der Waals surface area contributed by atoms with Crippen LogP contribution in [-0.4, -0.2) is 62.4 Å². The number of rotatable bonds is 13. The van der Waals surface area contributed by atoms with Crippen LogP contribution < -0.4 is 9.47 Å². The molecule has 168 valence electrons. The van der Waals surface area contributed by atoms with Crippen LogP contribution in [0.4, 0.5) is 0 Å². The number of aliphatic carboxylic acids is 1. The summed E-state index contributed by atoms with van der Waals surface area (Å²) < 4.78 is 16.7. The first kappa shape index (κ1) is 24.2. The van der Waals surface area contributed by atoms with Gasteiger partial charge in [-0.1, -0.05) is 30.3 Å². The Balaban J connectivity index is 1.98. The minimum Gasteiger partial charge on any atom is -0.497 e. The van der Waals surface area contributed by atoms with Crippen LogP contribution in [0.2, 0.25) is 0 Å². The summed E-state index contributed by atoms with van der Waals surface area (Å²) >= 11 is 0. The lowest BCUT2D eigenvalue weighted by Crippen LogP contribution is -2.35. The number of carbonyl (C=O) groups is 2. The molecule has 0 aliphatic rings. The monoisotopic (exact) mass is 429 g/mol. The maximum atomic E-state index is 12.0. The Labute approximate surface area is 183 Å². The van der Waals surface area contributed by atoms with Gasteiger partial charge in [0, 0.05) is 6.54 Å². The molecule has 0 unspecified atom stereocenters. The molecule has 2 aromatic rings. The van der Waals surface area contributed by atoms with Gasteiger partial charge in [0.2, 0.25) is 0 Å². The number of benzene rings is 2. The average Bonchev–Trinajstić information content (AvgIpc) is 2.75. The van der Waals surface area contributed by atoms with Gasteiger partial charge in [-0.2, -0.15) is 0 Å². The van der Waals surface area contributed by atoms with Gasteiger partial charge in [0.1, 0.15) is 24.2 Å². The Morgan fingerprint density at radius 3 is 2.52 bits per heavy atom. The molecule has 1 N–H and O–H groups in total. The second kappa shape index (κ2) is 12.6. The third kappa shape index (κ3) is 9.09. The van der Waals surface area contributed by atoms with Crippen molar-refractivity contribution >= 4 is 11.9 Å². The molecule has 0 radical (unpaired) electrons. The van der Waals surface area contributed by atoms with Crippen molar-refractivity contribution in [2.75, 3.05) is 34.4 Å². The minimum absolute atomic E-state index is 0.156. The van der Waals surface area contributed by atoms with Crippen molar-refractivity contribution in [3.05, 3.63) is 59.7 Å². The molecule has 2 aromatic carbocycles. The Bertz CT molecular complexity index is 851. The van der Waals surface area contributed by atoms with Crippen LogP contribution in [0.25, 0.3) is 0 Å². The smallest absolute Gasteiger partial charge is 0.306 e. The van der Waals surface area contributed by atoms with Crippen molar-refractivity contribution < 1.29 is 28.9 Å². The molecule has 7 nitrogen and oxygen atoms in total. The third-order valence-electron chi connectivity index (χ3n) is 4.62. The zero-order valence-electron chi connectivity index (χ0n) is 18.4. The minimum atomic E-state index is -1.03. The number of carboxylic acids is 1. The van der Waals surface area contributed by atoms with E-state index < -0.39 is 18.0 Å². The summed E-state index contributed by atoms with van der Waals surface area (Å²) in [5.74, 6) is 0.0143. The fourth-order valence-electron chi connectivity index (χ4n) is 3.13. The van der Waals surface area contributed by atoms with Crippen molar-refractivity contribution in [3.63, 3.8) is 0 Å². The first-order chi connectivity index (χ1) is 14.9. The lowest BCUT2D eigenvalue weighted by molar-refractivity contribution is -0.153. The van der Waals surface area contributed by atoms with Crippen LogP contribution in [0, 0.1) is 0 Å². The van der Waals surface area contributed by atoms with Gasteiger partial charge in [0.15, 0.2) is 0 Å². The van der Waals surface area contributed by atoms with Gasteiger partial charge in [-0.25, -0.2) is 0 Å². The number of methoxy groups -OCH3 is 1. The fraction of sp³-hybridized carbons (Fsp3) is 0.417. The summed E-state index contributed by atoms with van der Waals surface area (Å²) in [5, 5.41) is 8.74. The molecular formula is C24H31NO6. The summed E-state index contributed by atoms with van der Waals surface area (Å²) in [6.07, 6.45) is 0.726. The molecule has 0 heterocycles. The molecule has 7 heteroatoms. The molecule has 0 aliphatic carbocycles. The van der Waals surface area contributed by atoms with E-state index >= 15 is 0 Å². The van der Waals surface area contributed by atoms with E-state index in [9.17, 15) is 9.59 Å². The second-order valence-corrected chi connectivity index (χ2v) is 7.54. The number of carboxylic acid groups (broad SMARTS) is 1. The van der Waals surface area contributed by atoms with Crippen molar-refractivity contribution in [1.82, 2.24) is 4.90 Å². The number of carbonyl (C=O) groups excluding carboxylic acids is 1. The van der Waals surface area contributed by atoms with Crippen molar-refractivity contribution in [1.29, 1.82) is 0 Å². The van der Waals surface area contributed by atoms with Gasteiger partial charge >= 0.3 is 11.9 Å². The highest BCUT2D eigenvalue weighted by atomic mass is 16.6. The third-order valence-corrected chi connectivity index (χ3v) is 4.62. The molecule has 0 aromatic heterocycles. The van der Waals surface area contributed by atoms with Gasteiger partial charge < -0.3 is 24.2 Å². The molecule has 2 rings (SSSR count). The molecule has 0 amide bonds. The van der Waals surface area contributed by atoms with E-state index in [-0.39, 0.29) is 19.4 Å². The van der Waals surface area contributed by atoms with Crippen LogP contribution in [0.1, 0.15) is 24.0 Å². The molecule has 0 fully saturated rings. The van der Waals surface area contributed by atoms with E-state index in [0.717, 1.165) is 29.9 Å². The largest absolute Gasteiger partial charge is 0.497 e. The number of nitrogens with zero attached hydrogens (tertiary/aromatic N) is 1. The number of aryl methyl sites for hydroxylation is 2. The molecule has 0 aliphatic heterocycles. The number of para-hydroxylation sites is 1. The van der Waals surface area contributed by atoms with E-state index in [1.165, 1.54) is 5.56 Å². The maximum absolute atomic E-state index is 12.0. The first-order valence-corrected chi connectivity index (χ1v) is 10.3. The van der Waals surface area contributed by atoms with Crippen molar-refractivity contribution in [3.8, 4) is 11.5 Å². The van der Waals surface area contributed by atoms with E-state index in [0.29, 0.717) is 6.54 Å². The normalized spacial score (nSPS) is 11.7. The zero-order chi connectivity index (χ0) is 22.6. The van der Waals surface area contributed by atoms with Gasteiger partial charge in [-0.15, -0.1) is 0 Å². The maximum Gasteiger partial charge on any atom is 0.306 e. The predicted octanol–water partition coefficient (Wildman–Crippen LogP) is 3.20. The molecule has 0 bridgehead atoms. The SMILES string of the molecule is COc1cccc(CCc2ccccc2OC[C@H](CN(C)C)OC(=O)CCC(=O)O)c1. The lowest BCUT2D eigenvalue weighted by Gasteiger charge is -2.22. The Kier molecular flexibility index (Phi) is 9.84. The van der Waals surface area contributed by atoms with E-state index in [1.807, 2.05) is 61.5 Å². The lowest BCUT2D eigenvalue weighted by atomic mass is 10.0. The van der Waals surface area contributed by atoms with Crippen LogP contribution in [0.15, 0.2) is 48.5 Å². The van der Waals surface area contributed by atoms with Crippen LogP contribution >= 0.6 is 0 Å². The first-order valence-electron chi connectivity index (χ1n) is 10.3. The van der Waals surface area contributed by atoms with Crippen molar-refractivity contribution in [2.24, 2.45) is 0 Å². The van der Waals surface area contributed by atoms with E-state index in [2.05, 4.69) is 6.07 Å². The number of esters is 1. The van der Waals surface area contributed by atoms with Gasteiger partial charge in [-0.05, 0) is 56.3 Å². The predicted molar refractivity (Wildman–Crippen MR) is 118 cm³/mol. The summed E-state index contributed by atoms with van der Waals surface area (Å²) in [5.41, 5.74) is 2.23. The highest BCUT2D eigenvalue weighted by molar-refractivity contribution is 5.76. The Morgan fingerprint density at radius 2 is 1.81 bits per heavy atom.